The van der Waals surface area contributed by atoms with Crippen LogP contribution in [0.3, 0.4) is 0 Å². The van der Waals surface area contributed by atoms with E-state index in [-0.39, 0.29) is 5.91 Å². The zero-order chi connectivity index (χ0) is 14.7. The highest BCUT2D eigenvalue weighted by atomic mass is 35.5. The fraction of sp³-hybridized carbons (Fsp3) is 0.333. The van der Waals surface area contributed by atoms with E-state index in [1.807, 2.05) is 25.6 Å². The molecule has 4 nitrogen and oxygen atoms in total. The average Bonchev–Trinajstić information content (AvgIpc) is 2.65. The quantitative estimate of drug-likeness (QED) is 0.941. The molecule has 0 atom stereocenters. The zero-order valence-electron chi connectivity index (χ0n) is 11.9. The summed E-state index contributed by atoms with van der Waals surface area (Å²) < 4.78 is 1.87. The van der Waals surface area contributed by atoms with Gasteiger partial charge in [0.1, 0.15) is 0 Å². The second-order valence-electron chi connectivity index (χ2n) is 4.79. The lowest BCUT2D eigenvalue weighted by Gasteiger charge is -2.06. The smallest absolute Gasteiger partial charge is 0.251 e. The number of aromatic nitrogens is 2. The van der Waals surface area contributed by atoms with E-state index in [1.54, 1.807) is 24.3 Å². The fourth-order valence-corrected chi connectivity index (χ4v) is 2.31. The molecule has 0 bridgehead atoms. The van der Waals surface area contributed by atoms with Gasteiger partial charge in [-0.05, 0) is 50.1 Å². The van der Waals surface area contributed by atoms with Crippen molar-refractivity contribution in [2.75, 3.05) is 6.54 Å². The highest BCUT2D eigenvalue weighted by molar-refractivity contribution is 6.30. The average molecular weight is 292 g/mol. The maximum absolute atomic E-state index is 11.9. The van der Waals surface area contributed by atoms with Crippen LogP contribution in [0.4, 0.5) is 0 Å². The van der Waals surface area contributed by atoms with Crippen LogP contribution in [0.1, 0.15) is 27.3 Å². The Labute approximate surface area is 123 Å². The van der Waals surface area contributed by atoms with E-state index in [0.717, 1.165) is 17.8 Å². The van der Waals surface area contributed by atoms with Gasteiger partial charge < -0.3 is 5.32 Å². The summed E-state index contributed by atoms with van der Waals surface area (Å²) >= 11 is 5.80. The van der Waals surface area contributed by atoms with E-state index in [2.05, 4.69) is 10.4 Å². The molecule has 0 fully saturated rings. The second kappa shape index (κ2) is 6.09. The number of carbonyl (C=O) groups excluding carboxylic acids is 1. The summed E-state index contributed by atoms with van der Waals surface area (Å²) in [5, 5.41) is 7.90. The summed E-state index contributed by atoms with van der Waals surface area (Å²) in [6.07, 6.45) is 0.783. The molecule has 5 heteroatoms. The third-order valence-corrected chi connectivity index (χ3v) is 3.68. The number of nitrogens with one attached hydrogen (secondary N) is 1. The molecule has 0 aliphatic rings. The number of carbonyl (C=O) groups is 1. The van der Waals surface area contributed by atoms with E-state index in [0.29, 0.717) is 17.1 Å². The van der Waals surface area contributed by atoms with Crippen LogP contribution in [0.25, 0.3) is 0 Å². The summed E-state index contributed by atoms with van der Waals surface area (Å²) in [4.78, 5) is 11.9. The van der Waals surface area contributed by atoms with Crippen molar-refractivity contribution in [3.05, 3.63) is 51.8 Å². The van der Waals surface area contributed by atoms with Crippen LogP contribution in [-0.2, 0) is 13.5 Å². The minimum atomic E-state index is -0.0825. The Morgan fingerprint density at radius 1 is 1.30 bits per heavy atom. The summed E-state index contributed by atoms with van der Waals surface area (Å²) in [6.45, 7) is 4.62. The van der Waals surface area contributed by atoms with Gasteiger partial charge in [-0.15, -0.1) is 0 Å². The molecule has 0 saturated carbocycles. The van der Waals surface area contributed by atoms with Crippen molar-refractivity contribution < 1.29 is 4.79 Å². The van der Waals surface area contributed by atoms with E-state index >= 15 is 0 Å². The Kier molecular flexibility index (Phi) is 4.45. The molecule has 0 unspecified atom stereocenters. The zero-order valence-corrected chi connectivity index (χ0v) is 12.7. The predicted octanol–water partition coefficient (Wildman–Crippen LogP) is 2.66. The summed E-state index contributed by atoms with van der Waals surface area (Å²) in [5.41, 5.74) is 3.98. The molecular weight excluding hydrogens is 274 g/mol. The van der Waals surface area contributed by atoms with Crippen LogP contribution in [0.2, 0.25) is 5.02 Å². The number of halogens is 1. The van der Waals surface area contributed by atoms with Crippen LogP contribution in [0.15, 0.2) is 24.3 Å². The number of hydrogen-bond donors (Lipinski definition) is 1. The van der Waals surface area contributed by atoms with Gasteiger partial charge >= 0.3 is 0 Å². The standard InChI is InChI=1S/C15H18ClN3O/c1-10-14(11(2)19(3)18-10)8-9-17-15(20)12-4-6-13(16)7-5-12/h4-7H,8-9H2,1-3H3,(H,17,20). The van der Waals surface area contributed by atoms with Gasteiger partial charge in [0.2, 0.25) is 0 Å². The van der Waals surface area contributed by atoms with Gasteiger partial charge in [0.05, 0.1) is 5.69 Å². The van der Waals surface area contributed by atoms with Crippen molar-refractivity contribution in [3.8, 4) is 0 Å². The topological polar surface area (TPSA) is 46.9 Å². The minimum Gasteiger partial charge on any atom is -0.352 e. The molecule has 106 valence electrons. The first-order valence-corrected chi connectivity index (χ1v) is 6.89. The van der Waals surface area contributed by atoms with Crippen LogP contribution in [-0.4, -0.2) is 22.2 Å². The molecule has 1 heterocycles. The van der Waals surface area contributed by atoms with Gasteiger partial charge in [-0.2, -0.15) is 5.10 Å². The third-order valence-electron chi connectivity index (χ3n) is 3.43. The van der Waals surface area contributed by atoms with Gasteiger partial charge in [-0.1, -0.05) is 11.6 Å². The predicted molar refractivity (Wildman–Crippen MR) is 80.2 cm³/mol. The van der Waals surface area contributed by atoms with Gasteiger partial charge in [-0.25, -0.2) is 0 Å². The van der Waals surface area contributed by atoms with Crippen LogP contribution >= 0.6 is 11.6 Å². The van der Waals surface area contributed by atoms with Gasteiger partial charge in [0.25, 0.3) is 5.91 Å². The Balaban J connectivity index is 1.93. The van der Waals surface area contributed by atoms with E-state index in [9.17, 15) is 4.79 Å². The van der Waals surface area contributed by atoms with Crippen LogP contribution in [0.5, 0.6) is 0 Å². The molecule has 0 aliphatic heterocycles. The monoisotopic (exact) mass is 291 g/mol. The first kappa shape index (κ1) is 14.6. The van der Waals surface area contributed by atoms with Crippen molar-refractivity contribution in [3.63, 3.8) is 0 Å². The Bertz CT molecular complexity index is 617. The molecule has 0 saturated heterocycles. The lowest BCUT2D eigenvalue weighted by atomic mass is 10.1. The Morgan fingerprint density at radius 3 is 2.50 bits per heavy atom. The van der Waals surface area contributed by atoms with E-state index < -0.39 is 0 Å². The van der Waals surface area contributed by atoms with Gasteiger partial charge in [0.15, 0.2) is 0 Å². The largest absolute Gasteiger partial charge is 0.352 e. The number of nitrogens with zero attached hydrogens (tertiary/aromatic N) is 2. The molecule has 0 radical (unpaired) electrons. The molecule has 2 rings (SSSR count). The van der Waals surface area contributed by atoms with Crippen molar-refractivity contribution in [2.45, 2.75) is 20.3 Å². The molecule has 1 aromatic carbocycles. The first-order chi connectivity index (χ1) is 9.49. The molecule has 1 N–H and O–H groups in total. The number of aryl methyl sites for hydroxylation is 2. The number of hydrogen-bond acceptors (Lipinski definition) is 2. The lowest BCUT2D eigenvalue weighted by molar-refractivity contribution is 0.0954. The minimum absolute atomic E-state index is 0.0825. The van der Waals surface area contributed by atoms with E-state index in [4.69, 9.17) is 11.6 Å². The number of benzene rings is 1. The van der Waals surface area contributed by atoms with Crippen molar-refractivity contribution in [1.29, 1.82) is 0 Å². The summed E-state index contributed by atoms with van der Waals surface area (Å²) in [6, 6.07) is 6.87. The first-order valence-electron chi connectivity index (χ1n) is 6.52. The SMILES string of the molecule is Cc1nn(C)c(C)c1CCNC(=O)c1ccc(Cl)cc1. The molecule has 2 aromatic rings. The molecule has 1 aromatic heterocycles. The molecule has 0 aliphatic carbocycles. The van der Waals surface area contributed by atoms with Crippen molar-refractivity contribution >= 4 is 17.5 Å². The normalized spacial score (nSPS) is 10.6. The number of rotatable bonds is 4. The highest BCUT2D eigenvalue weighted by Crippen LogP contribution is 2.12. The summed E-state index contributed by atoms with van der Waals surface area (Å²) in [5.74, 6) is -0.0825. The lowest BCUT2D eigenvalue weighted by Crippen LogP contribution is -2.25. The maximum atomic E-state index is 11.9. The van der Waals surface area contributed by atoms with E-state index in [1.165, 1.54) is 5.56 Å². The maximum Gasteiger partial charge on any atom is 0.251 e. The van der Waals surface area contributed by atoms with Crippen LogP contribution < -0.4 is 5.32 Å². The molecule has 20 heavy (non-hydrogen) atoms. The molecular formula is C15H18ClN3O. The van der Waals surface area contributed by atoms with Crippen LogP contribution in [0, 0.1) is 13.8 Å². The van der Waals surface area contributed by atoms with Crippen molar-refractivity contribution in [1.82, 2.24) is 15.1 Å². The number of amides is 1. The fourth-order valence-electron chi connectivity index (χ4n) is 2.18. The molecule has 0 spiro atoms. The highest BCUT2D eigenvalue weighted by Gasteiger charge is 2.10. The van der Waals surface area contributed by atoms with Gasteiger partial charge in [0, 0.05) is 29.9 Å². The van der Waals surface area contributed by atoms with Gasteiger partial charge in [-0.3, -0.25) is 9.48 Å². The summed E-state index contributed by atoms with van der Waals surface area (Å²) in [7, 11) is 1.93. The third kappa shape index (κ3) is 3.20. The molecule has 1 amide bonds. The Hall–Kier alpha value is -1.81. The van der Waals surface area contributed by atoms with Crippen molar-refractivity contribution in [2.24, 2.45) is 7.05 Å². The Morgan fingerprint density at radius 2 is 1.95 bits per heavy atom. The second-order valence-corrected chi connectivity index (χ2v) is 5.22.